The molecule has 21 heavy (non-hydrogen) atoms. The van der Waals surface area contributed by atoms with Crippen LogP contribution in [0.5, 0.6) is 11.5 Å². The highest BCUT2D eigenvalue weighted by Crippen LogP contribution is 2.33. The highest BCUT2D eigenvalue weighted by atomic mass is 16.6. The van der Waals surface area contributed by atoms with E-state index < -0.39 is 0 Å². The summed E-state index contributed by atoms with van der Waals surface area (Å²) in [5.74, 6) is 1.78. The molecule has 4 rings (SSSR count). The first kappa shape index (κ1) is 12.7. The third-order valence-electron chi connectivity index (χ3n) is 4.28. The second-order valence-corrected chi connectivity index (χ2v) is 5.70. The fourth-order valence-electron chi connectivity index (χ4n) is 3.23. The number of hydrogen-bond donors (Lipinski definition) is 1. The summed E-state index contributed by atoms with van der Waals surface area (Å²) in [5, 5.41) is 3.66. The maximum atomic E-state index is 5.77. The van der Waals surface area contributed by atoms with E-state index in [0.717, 1.165) is 30.9 Å². The summed E-state index contributed by atoms with van der Waals surface area (Å²) in [6.45, 7) is 2.10. The Bertz CT molecular complexity index is 628. The quantitative estimate of drug-likeness (QED) is 0.938. The van der Waals surface area contributed by atoms with Crippen molar-refractivity contribution in [3.63, 3.8) is 0 Å². The minimum absolute atomic E-state index is 0.516. The molecule has 0 saturated carbocycles. The van der Waals surface area contributed by atoms with Gasteiger partial charge in [-0.1, -0.05) is 36.4 Å². The van der Waals surface area contributed by atoms with Crippen molar-refractivity contribution in [2.24, 2.45) is 0 Å². The smallest absolute Gasteiger partial charge is 0.165 e. The molecule has 0 amide bonds. The Morgan fingerprint density at radius 1 is 0.905 bits per heavy atom. The summed E-state index contributed by atoms with van der Waals surface area (Å²) in [5.41, 5.74) is 4.14. The molecule has 1 N–H and O–H groups in total. The lowest BCUT2D eigenvalue weighted by Gasteiger charge is -2.22. The lowest BCUT2D eigenvalue weighted by molar-refractivity contribution is 0.169. The van der Waals surface area contributed by atoms with E-state index in [1.807, 2.05) is 12.1 Å². The molecule has 0 bridgehead atoms. The Kier molecular flexibility index (Phi) is 3.28. The maximum Gasteiger partial charge on any atom is 0.165 e. The van der Waals surface area contributed by atoms with Gasteiger partial charge < -0.3 is 14.8 Å². The SMILES string of the molecule is c1ccc2c(c1)CC(NCc1cccc3c1OCCO3)C2. The number of fused-ring (bicyclic) bond motifs is 2. The summed E-state index contributed by atoms with van der Waals surface area (Å²) in [6, 6.07) is 15.4. The molecule has 0 atom stereocenters. The van der Waals surface area contributed by atoms with Crippen LogP contribution in [0, 0.1) is 0 Å². The van der Waals surface area contributed by atoms with Gasteiger partial charge in [-0.25, -0.2) is 0 Å². The lowest BCUT2D eigenvalue weighted by atomic mass is 10.1. The van der Waals surface area contributed by atoms with Crippen molar-refractivity contribution in [3.05, 3.63) is 59.2 Å². The molecule has 2 aromatic carbocycles. The average Bonchev–Trinajstić information content (AvgIpc) is 2.96. The van der Waals surface area contributed by atoms with Crippen LogP contribution in [-0.4, -0.2) is 19.3 Å². The summed E-state index contributed by atoms with van der Waals surface area (Å²) in [6.07, 6.45) is 2.23. The Morgan fingerprint density at radius 2 is 1.67 bits per heavy atom. The van der Waals surface area contributed by atoms with Crippen molar-refractivity contribution >= 4 is 0 Å². The van der Waals surface area contributed by atoms with Crippen molar-refractivity contribution in [2.75, 3.05) is 13.2 Å². The first-order valence-corrected chi connectivity index (χ1v) is 7.58. The molecule has 0 aromatic heterocycles. The molecule has 2 aromatic rings. The van der Waals surface area contributed by atoms with Crippen molar-refractivity contribution < 1.29 is 9.47 Å². The first-order valence-electron chi connectivity index (χ1n) is 7.58. The molecule has 0 saturated heterocycles. The number of hydrogen-bond acceptors (Lipinski definition) is 3. The van der Waals surface area contributed by atoms with Crippen molar-refractivity contribution in [1.29, 1.82) is 0 Å². The van der Waals surface area contributed by atoms with Crippen LogP contribution in [-0.2, 0) is 19.4 Å². The van der Waals surface area contributed by atoms with Gasteiger partial charge in [0, 0.05) is 18.2 Å². The van der Waals surface area contributed by atoms with Crippen LogP contribution in [0.25, 0.3) is 0 Å². The molecule has 3 heteroatoms. The van der Waals surface area contributed by atoms with E-state index in [1.165, 1.54) is 16.7 Å². The minimum Gasteiger partial charge on any atom is -0.486 e. The maximum absolute atomic E-state index is 5.77. The van der Waals surface area contributed by atoms with Crippen LogP contribution in [0.4, 0.5) is 0 Å². The van der Waals surface area contributed by atoms with Gasteiger partial charge in [-0.3, -0.25) is 0 Å². The molecule has 0 unspecified atom stereocenters. The van der Waals surface area contributed by atoms with Crippen LogP contribution in [0.2, 0.25) is 0 Å². The number of rotatable bonds is 3. The van der Waals surface area contributed by atoms with Gasteiger partial charge >= 0.3 is 0 Å². The van der Waals surface area contributed by atoms with E-state index in [-0.39, 0.29) is 0 Å². The highest BCUT2D eigenvalue weighted by molar-refractivity contribution is 5.47. The van der Waals surface area contributed by atoms with Crippen molar-refractivity contribution in [1.82, 2.24) is 5.32 Å². The molecule has 0 radical (unpaired) electrons. The van der Waals surface area contributed by atoms with Gasteiger partial charge in [0.05, 0.1) is 0 Å². The van der Waals surface area contributed by atoms with Gasteiger partial charge in [-0.15, -0.1) is 0 Å². The normalized spacial score (nSPS) is 16.8. The van der Waals surface area contributed by atoms with Crippen LogP contribution < -0.4 is 14.8 Å². The first-order chi connectivity index (χ1) is 10.4. The number of ether oxygens (including phenoxy) is 2. The summed E-state index contributed by atoms with van der Waals surface area (Å²) >= 11 is 0. The Balaban J connectivity index is 1.44. The van der Waals surface area contributed by atoms with Crippen LogP contribution >= 0.6 is 0 Å². The number of nitrogens with one attached hydrogen (secondary N) is 1. The van der Waals surface area contributed by atoms with Crippen LogP contribution in [0.3, 0.4) is 0 Å². The lowest BCUT2D eigenvalue weighted by Crippen LogP contribution is -2.29. The van der Waals surface area contributed by atoms with Crippen molar-refractivity contribution in [3.8, 4) is 11.5 Å². The summed E-state index contributed by atoms with van der Waals surface area (Å²) in [7, 11) is 0. The van der Waals surface area contributed by atoms with E-state index in [0.29, 0.717) is 19.3 Å². The zero-order valence-electron chi connectivity index (χ0n) is 12.0. The van der Waals surface area contributed by atoms with E-state index in [4.69, 9.17) is 9.47 Å². The molecule has 3 nitrogen and oxygen atoms in total. The Hall–Kier alpha value is -2.00. The molecule has 1 aliphatic heterocycles. The molecular weight excluding hydrogens is 262 g/mol. The minimum atomic E-state index is 0.516. The molecule has 108 valence electrons. The second-order valence-electron chi connectivity index (χ2n) is 5.70. The van der Waals surface area contributed by atoms with Gasteiger partial charge in [0.1, 0.15) is 13.2 Å². The molecule has 2 aliphatic rings. The van der Waals surface area contributed by atoms with Crippen molar-refractivity contribution in [2.45, 2.75) is 25.4 Å². The predicted octanol–water partition coefficient (Wildman–Crippen LogP) is 2.71. The standard InChI is InChI=1S/C18H19NO2/c1-2-5-14-11-16(10-13(14)4-1)19-12-15-6-3-7-17-18(15)21-9-8-20-17/h1-7,16,19H,8-12H2. The third-order valence-corrected chi connectivity index (χ3v) is 4.28. The fourth-order valence-corrected chi connectivity index (χ4v) is 3.23. The monoisotopic (exact) mass is 281 g/mol. The van der Waals surface area contributed by atoms with E-state index in [2.05, 4.69) is 35.6 Å². The van der Waals surface area contributed by atoms with Gasteiger partial charge in [-0.2, -0.15) is 0 Å². The van der Waals surface area contributed by atoms with Gasteiger partial charge in [0.15, 0.2) is 11.5 Å². The van der Waals surface area contributed by atoms with Gasteiger partial charge in [-0.05, 0) is 30.0 Å². The predicted molar refractivity (Wildman–Crippen MR) is 81.9 cm³/mol. The summed E-state index contributed by atoms with van der Waals surface area (Å²) in [4.78, 5) is 0. The van der Waals surface area contributed by atoms with Gasteiger partial charge in [0.25, 0.3) is 0 Å². The van der Waals surface area contributed by atoms with Crippen LogP contribution in [0.1, 0.15) is 16.7 Å². The molecule has 1 heterocycles. The largest absolute Gasteiger partial charge is 0.486 e. The molecule has 1 aliphatic carbocycles. The van der Waals surface area contributed by atoms with E-state index >= 15 is 0 Å². The third kappa shape index (κ3) is 2.49. The molecule has 0 fully saturated rings. The topological polar surface area (TPSA) is 30.5 Å². The Labute approximate surface area is 124 Å². The fraction of sp³-hybridized carbons (Fsp3) is 0.333. The summed E-state index contributed by atoms with van der Waals surface area (Å²) < 4.78 is 11.4. The second kappa shape index (κ2) is 5.41. The average molecular weight is 281 g/mol. The molecular formula is C18H19NO2. The van der Waals surface area contributed by atoms with E-state index in [1.54, 1.807) is 0 Å². The van der Waals surface area contributed by atoms with Gasteiger partial charge in [0.2, 0.25) is 0 Å². The van der Waals surface area contributed by atoms with E-state index in [9.17, 15) is 0 Å². The highest BCUT2D eigenvalue weighted by Gasteiger charge is 2.21. The zero-order valence-corrected chi connectivity index (χ0v) is 12.0. The number of benzene rings is 2. The van der Waals surface area contributed by atoms with Crippen LogP contribution in [0.15, 0.2) is 42.5 Å². The number of para-hydroxylation sites is 1. The Morgan fingerprint density at radius 3 is 2.48 bits per heavy atom. The zero-order chi connectivity index (χ0) is 14.1. The molecule has 0 spiro atoms.